The summed E-state index contributed by atoms with van der Waals surface area (Å²) in [6.07, 6.45) is 0.847. The second-order valence-corrected chi connectivity index (χ2v) is 7.44. The fraction of sp³-hybridized carbons (Fsp3) is 0.143. The SMILES string of the molecule is Ic1cccc(B2OC(c3ccccc3)CC(c3ccccc3)O2)c1. The number of benzene rings is 3. The minimum atomic E-state index is -0.362. The van der Waals surface area contributed by atoms with E-state index in [0.29, 0.717) is 0 Å². The van der Waals surface area contributed by atoms with Crippen LogP contribution in [-0.4, -0.2) is 7.12 Å². The molecule has 2 unspecified atom stereocenters. The average Bonchev–Trinajstić information content (AvgIpc) is 2.69. The quantitative estimate of drug-likeness (QED) is 0.426. The first-order valence-electron chi connectivity index (χ1n) is 8.46. The Balaban J connectivity index is 1.67. The van der Waals surface area contributed by atoms with Crippen molar-refractivity contribution in [2.24, 2.45) is 0 Å². The Labute approximate surface area is 162 Å². The van der Waals surface area contributed by atoms with Gasteiger partial charge in [-0.05, 0) is 51.3 Å². The molecular formula is C21H18BIO2. The molecule has 4 rings (SSSR count). The molecule has 0 bridgehead atoms. The topological polar surface area (TPSA) is 18.5 Å². The molecule has 1 aliphatic heterocycles. The normalized spacial score (nSPS) is 20.4. The summed E-state index contributed by atoms with van der Waals surface area (Å²) in [6, 6.07) is 29.2. The highest BCUT2D eigenvalue weighted by Gasteiger charge is 2.36. The molecule has 4 heteroatoms. The highest BCUT2D eigenvalue weighted by atomic mass is 127. The van der Waals surface area contributed by atoms with Crippen LogP contribution in [0.1, 0.15) is 29.8 Å². The predicted molar refractivity (Wildman–Crippen MR) is 110 cm³/mol. The van der Waals surface area contributed by atoms with Crippen LogP contribution in [0.5, 0.6) is 0 Å². The minimum absolute atomic E-state index is 0.0167. The maximum Gasteiger partial charge on any atom is 0.494 e. The molecule has 2 nitrogen and oxygen atoms in total. The number of hydrogen-bond acceptors (Lipinski definition) is 2. The van der Waals surface area contributed by atoms with Crippen LogP contribution in [-0.2, 0) is 9.31 Å². The van der Waals surface area contributed by atoms with Crippen LogP contribution in [0.25, 0.3) is 0 Å². The Morgan fingerprint density at radius 2 is 1.28 bits per heavy atom. The zero-order valence-electron chi connectivity index (χ0n) is 13.7. The molecule has 0 spiro atoms. The van der Waals surface area contributed by atoms with Gasteiger partial charge in [0.1, 0.15) is 0 Å². The van der Waals surface area contributed by atoms with Crippen LogP contribution in [0.4, 0.5) is 0 Å². The maximum absolute atomic E-state index is 6.34. The van der Waals surface area contributed by atoms with Crippen LogP contribution < -0.4 is 5.46 Å². The van der Waals surface area contributed by atoms with E-state index in [1.54, 1.807) is 0 Å². The van der Waals surface area contributed by atoms with Gasteiger partial charge in [0.25, 0.3) is 0 Å². The first-order valence-corrected chi connectivity index (χ1v) is 9.54. The van der Waals surface area contributed by atoms with Gasteiger partial charge in [-0.2, -0.15) is 0 Å². The Bertz CT molecular complexity index is 778. The lowest BCUT2D eigenvalue weighted by atomic mass is 9.75. The van der Waals surface area contributed by atoms with Crippen molar-refractivity contribution in [1.82, 2.24) is 0 Å². The van der Waals surface area contributed by atoms with E-state index in [9.17, 15) is 0 Å². The number of halogens is 1. The zero-order valence-corrected chi connectivity index (χ0v) is 15.9. The van der Waals surface area contributed by atoms with E-state index >= 15 is 0 Å². The average molecular weight is 440 g/mol. The van der Waals surface area contributed by atoms with Gasteiger partial charge in [-0.15, -0.1) is 0 Å². The summed E-state index contributed by atoms with van der Waals surface area (Å²) < 4.78 is 13.9. The van der Waals surface area contributed by atoms with Crippen LogP contribution in [0.15, 0.2) is 84.9 Å². The summed E-state index contributed by atoms with van der Waals surface area (Å²) in [4.78, 5) is 0. The van der Waals surface area contributed by atoms with Gasteiger partial charge in [0.05, 0.1) is 12.2 Å². The predicted octanol–water partition coefficient (Wildman–Crippen LogP) is 4.91. The molecule has 0 aromatic heterocycles. The van der Waals surface area contributed by atoms with E-state index in [0.717, 1.165) is 11.9 Å². The molecule has 0 aliphatic carbocycles. The van der Waals surface area contributed by atoms with Gasteiger partial charge in [-0.25, -0.2) is 0 Å². The third-order valence-electron chi connectivity index (χ3n) is 4.47. The highest BCUT2D eigenvalue weighted by Crippen LogP contribution is 2.37. The first-order chi connectivity index (χ1) is 12.3. The fourth-order valence-corrected chi connectivity index (χ4v) is 3.78. The summed E-state index contributed by atoms with van der Waals surface area (Å²) in [7, 11) is -0.362. The van der Waals surface area contributed by atoms with E-state index in [4.69, 9.17) is 9.31 Å². The summed E-state index contributed by atoms with van der Waals surface area (Å²) >= 11 is 2.32. The second kappa shape index (κ2) is 7.73. The van der Waals surface area contributed by atoms with Gasteiger partial charge in [-0.1, -0.05) is 72.8 Å². The van der Waals surface area contributed by atoms with Gasteiger partial charge in [-0.3, -0.25) is 0 Å². The lowest BCUT2D eigenvalue weighted by Gasteiger charge is -2.35. The van der Waals surface area contributed by atoms with Gasteiger partial charge in [0, 0.05) is 9.99 Å². The van der Waals surface area contributed by atoms with E-state index < -0.39 is 0 Å². The Kier molecular flexibility index (Phi) is 5.20. The van der Waals surface area contributed by atoms with Crippen molar-refractivity contribution in [1.29, 1.82) is 0 Å². The van der Waals surface area contributed by atoms with E-state index in [1.807, 2.05) is 18.2 Å². The van der Waals surface area contributed by atoms with Crippen LogP contribution in [0.3, 0.4) is 0 Å². The Morgan fingerprint density at radius 3 is 1.80 bits per heavy atom. The molecule has 25 heavy (non-hydrogen) atoms. The molecule has 1 saturated heterocycles. The van der Waals surface area contributed by atoms with E-state index in [-0.39, 0.29) is 19.3 Å². The van der Waals surface area contributed by atoms with E-state index in [1.165, 1.54) is 14.7 Å². The Morgan fingerprint density at radius 1 is 0.720 bits per heavy atom. The summed E-state index contributed by atoms with van der Waals surface area (Å²) in [5, 5.41) is 0. The van der Waals surface area contributed by atoms with Crippen molar-refractivity contribution in [3.63, 3.8) is 0 Å². The molecule has 1 heterocycles. The van der Waals surface area contributed by atoms with Crippen LogP contribution >= 0.6 is 22.6 Å². The van der Waals surface area contributed by atoms with E-state index in [2.05, 4.69) is 89.3 Å². The van der Waals surface area contributed by atoms with Crippen molar-refractivity contribution < 1.29 is 9.31 Å². The van der Waals surface area contributed by atoms with Crippen molar-refractivity contribution in [2.45, 2.75) is 18.6 Å². The largest absolute Gasteiger partial charge is 0.494 e. The summed E-state index contributed by atoms with van der Waals surface area (Å²) in [5.41, 5.74) is 3.46. The standard InChI is InChI=1S/C21H18BIO2/c23-19-13-7-12-18(14-19)22-24-20(16-8-3-1-4-9-16)15-21(25-22)17-10-5-2-6-11-17/h1-14,20-21H,15H2. The fourth-order valence-electron chi connectivity index (χ4n) is 3.21. The molecule has 2 atom stereocenters. The van der Waals surface area contributed by atoms with Crippen molar-refractivity contribution in [3.05, 3.63) is 99.6 Å². The molecule has 0 radical (unpaired) electrons. The molecule has 0 N–H and O–H groups in total. The molecule has 3 aromatic carbocycles. The second-order valence-electron chi connectivity index (χ2n) is 6.19. The molecule has 0 saturated carbocycles. The lowest BCUT2D eigenvalue weighted by Crippen LogP contribution is -2.43. The van der Waals surface area contributed by atoms with Crippen LogP contribution in [0, 0.1) is 3.57 Å². The van der Waals surface area contributed by atoms with Gasteiger partial charge >= 0.3 is 7.12 Å². The zero-order chi connectivity index (χ0) is 17.1. The number of rotatable bonds is 3. The third kappa shape index (κ3) is 3.97. The van der Waals surface area contributed by atoms with Gasteiger partial charge in [0.15, 0.2) is 0 Å². The van der Waals surface area contributed by atoms with Crippen molar-refractivity contribution in [3.8, 4) is 0 Å². The minimum Gasteiger partial charge on any atom is -0.400 e. The molecular weight excluding hydrogens is 422 g/mol. The smallest absolute Gasteiger partial charge is 0.400 e. The number of hydrogen-bond donors (Lipinski definition) is 0. The summed E-state index contributed by atoms with van der Waals surface area (Å²) in [6.45, 7) is 0. The molecule has 1 aliphatic rings. The third-order valence-corrected chi connectivity index (χ3v) is 5.14. The molecule has 0 amide bonds. The van der Waals surface area contributed by atoms with Crippen LogP contribution in [0.2, 0.25) is 0 Å². The molecule has 1 fully saturated rings. The monoisotopic (exact) mass is 440 g/mol. The highest BCUT2D eigenvalue weighted by molar-refractivity contribution is 14.1. The van der Waals surface area contributed by atoms with Crippen molar-refractivity contribution >= 4 is 35.2 Å². The van der Waals surface area contributed by atoms with Crippen molar-refractivity contribution in [2.75, 3.05) is 0 Å². The Hall–Kier alpha value is -1.63. The van der Waals surface area contributed by atoms with Gasteiger partial charge in [0.2, 0.25) is 0 Å². The first kappa shape index (κ1) is 16.8. The summed E-state index contributed by atoms with van der Waals surface area (Å²) in [5.74, 6) is 0. The van der Waals surface area contributed by atoms with Gasteiger partial charge < -0.3 is 9.31 Å². The molecule has 3 aromatic rings. The maximum atomic E-state index is 6.34. The molecule has 124 valence electrons. The lowest BCUT2D eigenvalue weighted by molar-refractivity contribution is 0.0206.